The van der Waals surface area contributed by atoms with E-state index in [4.69, 9.17) is 0 Å². The standard InChI is InChI=1S/C21H17F3N4O4/c22-21(23,24)32-16-6-1-3-12(7-16)17-10-18(26-20(31)13-8-19(30)25-11-13)27-28(17)14-4-2-5-15(29)9-14/h1-7,9-10,13,29H,8,11H2,(H,25,30)(H,26,27,31)/t13-/m0/s1. The van der Waals surface area contributed by atoms with E-state index in [1.807, 2.05) is 0 Å². The molecule has 11 heteroatoms. The molecule has 1 aromatic heterocycles. The number of ether oxygens (including phenoxy) is 1. The predicted molar refractivity (Wildman–Crippen MR) is 107 cm³/mol. The summed E-state index contributed by atoms with van der Waals surface area (Å²) in [5, 5.41) is 19.4. The minimum Gasteiger partial charge on any atom is -0.508 e. The summed E-state index contributed by atoms with van der Waals surface area (Å²) in [5.74, 6) is -1.52. The minimum absolute atomic E-state index is 0.0424. The molecular weight excluding hydrogens is 429 g/mol. The molecule has 0 aliphatic carbocycles. The Morgan fingerprint density at radius 2 is 1.97 bits per heavy atom. The summed E-state index contributed by atoms with van der Waals surface area (Å²) in [6.45, 7) is 0.210. The van der Waals surface area contributed by atoms with Gasteiger partial charge >= 0.3 is 6.36 Å². The maximum absolute atomic E-state index is 12.6. The van der Waals surface area contributed by atoms with Gasteiger partial charge in [-0.05, 0) is 24.3 Å². The zero-order chi connectivity index (χ0) is 22.9. The molecule has 0 saturated carbocycles. The molecule has 32 heavy (non-hydrogen) atoms. The number of rotatable bonds is 5. The zero-order valence-electron chi connectivity index (χ0n) is 16.4. The Labute approximate surface area is 179 Å². The summed E-state index contributed by atoms with van der Waals surface area (Å²) in [6.07, 6.45) is -4.79. The van der Waals surface area contributed by atoms with E-state index in [9.17, 15) is 27.9 Å². The molecule has 0 spiro atoms. The predicted octanol–water partition coefficient (Wildman–Crippen LogP) is 3.22. The molecule has 0 radical (unpaired) electrons. The fourth-order valence-electron chi connectivity index (χ4n) is 3.34. The molecule has 1 fully saturated rings. The molecule has 0 unspecified atom stereocenters. The van der Waals surface area contributed by atoms with Crippen LogP contribution >= 0.6 is 0 Å². The third kappa shape index (κ3) is 4.82. The summed E-state index contributed by atoms with van der Waals surface area (Å²) < 4.78 is 43.3. The second kappa shape index (κ2) is 8.25. The van der Waals surface area contributed by atoms with Crippen LogP contribution in [0, 0.1) is 5.92 Å². The van der Waals surface area contributed by atoms with Crippen LogP contribution in [0.4, 0.5) is 19.0 Å². The number of carbonyl (C=O) groups excluding carboxylic acids is 2. The van der Waals surface area contributed by atoms with E-state index < -0.39 is 23.9 Å². The summed E-state index contributed by atoms with van der Waals surface area (Å²) in [4.78, 5) is 23.9. The topological polar surface area (TPSA) is 105 Å². The lowest BCUT2D eigenvalue weighted by molar-refractivity contribution is -0.274. The van der Waals surface area contributed by atoms with E-state index in [1.165, 1.54) is 41.1 Å². The smallest absolute Gasteiger partial charge is 0.508 e. The average Bonchev–Trinajstić information content (AvgIpc) is 3.33. The monoisotopic (exact) mass is 446 g/mol. The molecule has 0 bridgehead atoms. The van der Waals surface area contributed by atoms with Crippen LogP contribution < -0.4 is 15.4 Å². The van der Waals surface area contributed by atoms with Gasteiger partial charge in [0.05, 0.1) is 17.3 Å². The van der Waals surface area contributed by atoms with Gasteiger partial charge in [-0.3, -0.25) is 9.59 Å². The van der Waals surface area contributed by atoms with E-state index in [1.54, 1.807) is 18.2 Å². The number of carbonyl (C=O) groups is 2. The van der Waals surface area contributed by atoms with E-state index in [-0.39, 0.29) is 30.4 Å². The molecule has 1 atom stereocenters. The molecule has 1 saturated heterocycles. The average molecular weight is 446 g/mol. The first kappa shape index (κ1) is 21.2. The number of benzene rings is 2. The molecule has 3 aromatic rings. The van der Waals surface area contributed by atoms with Crippen molar-refractivity contribution >= 4 is 17.6 Å². The van der Waals surface area contributed by atoms with Crippen LogP contribution in [-0.4, -0.2) is 39.6 Å². The lowest BCUT2D eigenvalue weighted by atomic mass is 10.1. The fourth-order valence-corrected chi connectivity index (χ4v) is 3.34. The SMILES string of the molecule is O=C1C[C@H](C(=O)Nc2cc(-c3cccc(OC(F)(F)F)c3)n(-c3cccc(O)c3)n2)CN1. The Kier molecular flexibility index (Phi) is 5.47. The number of anilines is 1. The molecule has 4 rings (SSSR count). The number of amides is 2. The summed E-state index contributed by atoms with van der Waals surface area (Å²) in [6, 6.07) is 12.9. The Hall–Kier alpha value is -4.02. The second-order valence-corrected chi connectivity index (χ2v) is 7.12. The van der Waals surface area contributed by atoms with Gasteiger partial charge in [0.1, 0.15) is 11.5 Å². The Morgan fingerprint density at radius 1 is 1.19 bits per heavy atom. The maximum atomic E-state index is 12.6. The molecule has 3 N–H and O–H groups in total. The highest BCUT2D eigenvalue weighted by Gasteiger charge is 2.31. The molecule has 1 aliphatic rings. The van der Waals surface area contributed by atoms with Gasteiger partial charge in [0.25, 0.3) is 0 Å². The van der Waals surface area contributed by atoms with Gasteiger partial charge in [-0.1, -0.05) is 18.2 Å². The summed E-state index contributed by atoms with van der Waals surface area (Å²) >= 11 is 0. The van der Waals surface area contributed by atoms with Gasteiger partial charge in [0.15, 0.2) is 5.82 Å². The number of nitrogens with one attached hydrogen (secondary N) is 2. The van der Waals surface area contributed by atoms with Gasteiger partial charge in [0.2, 0.25) is 11.8 Å². The number of alkyl halides is 3. The normalized spacial score (nSPS) is 16.0. The second-order valence-electron chi connectivity index (χ2n) is 7.12. The first-order chi connectivity index (χ1) is 15.2. The third-order valence-electron chi connectivity index (χ3n) is 4.75. The van der Waals surface area contributed by atoms with Gasteiger partial charge < -0.3 is 20.5 Å². The van der Waals surface area contributed by atoms with E-state index in [0.717, 1.165) is 0 Å². The van der Waals surface area contributed by atoms with Crippen LogP contribution in [-0.2, 0) is 9.59 Å². The number of halogens is 3. The van der Waals surface area contributed by atoms with E-state index >= 15 is 0 Å². The maximum Gasteiger partial charge on any atom is 0.573 e. The highest BCUT2D eigenvalue weighted by atomic mass is 19.4. The molecule has 166 valence electrons. The van der Waals surface area contributed by atoms with Crippen LogP contribution in [0.25, 0.3) is 16.9 Å². The first-order valence-corrected chi connectivity index (χ1v) is 9.51. The first-order valence-electron chi connectivity index (χ1n) is 9.51. The zero-order valence-corrected chi connectivity index (χ0v) is 16.4. The lowest BCUT2D eigenvalue weighted by Gasteiger charge is -2.11. The summed E-state index contributed by atoms with van der Waals surface area (Å²) in [7, 11) is 0. The highest BCUT2D eigenvalue weighted by molar-refractivity contribution is 5.97. The van der Waals surface area contributed by atoms with Crippen molar-refractivity contribution in [3.63, 3.8) is 0 Å². The number of hydrogen-bond acceptors (Lipinski definition) is 5. The number of phenolic OH excluding ortho intramolecular Hbond substituents is 1. The number of phenols is 1. The van der Waals surface area contributed by atoms with Gasteiger partial charge in [-0.2, -0.15) is 0 Å². The van der Waals surface area contributed by atoms with Gasteiger partial charge in [-0.25, -0.2) is 4.68 Å². The van der Waals surface area contributed by atoms with Crippen LogP contribution in [0.15, 0.2) is 54.6 Å². The number of hydrogen-bond donors (Lipinski definition) is 3. The Morgan fingerprint density at radius 3 is 2.66 bits per heavy atom. The molecule has 2 aromatic carbocycles. The van der Waals surface area contributed by atoms with Crippen LogP contribution in [0.2, 0.25) is 0 Å². The van der Waals surface area contributed by atoms with Crippen LogP contribution in [0.5, 0.6) is 11.5 Å². The number of aromatic hydroxyl groups is 1. The van der Waals surface area contributed by atoms with Crippen molar-refractivity contribution in [2.45, 2.75) is 12.8 Å². The highest BCUT2D eigenvalue weighted by Crippen LogP contribution is 2.31. The van der Waals surface area contributed by atoms with Crippen molar-refractivity contribution in [2.24, 2.45) is 5.92 Å². The largest absolute Gasteiger partial charge is 0.573 e. The van der Waals surface area contributed by atoms with Crippen molar-refractivity contribution in [3.05, 3.63) is 54.6 Å². The third-order valence-corrected chi connectivity index (χ3v) is 4.75. The Bertz CT molecular complexity index is 1180. The number of aromatic nitrogens is 2. The summed E-state index contributed by atoms with van der Waals surface area (Å²) in [5.41, 5.74) is 1.10. The quantitative estimate of drug-likeness (QED) is 0.558. The van der Waals surface area contributed by atoms with Crippen molar-refractivity contribution < 1.29 is 32.6 Å². The molecule has 2 heterocycles. The fraction of sp³-hybridized carbons (Fsp3) is 0.190. The van der Waals surface area contributed by atoms with Crippen LogP contribution in [0.3, 0.4) is 0 Å². The minimum atomic E-state index is -4.85. The van der Waals surface area contributed by atoms with Crippen molar-refractivity contribution in [2.75, 3.05) is 11.9 Å². The van der Waals surface area contributed by atoms with Crippen LogP contribution in [0.1, 0.15) is 6.42 Å². The molecule has 1 aliphatic heterocycles. The van der Waals surface area contributed by atoms with E-state index in [0.29, 0.717) is 16.9 Å². The Balaban J connectivity index is 1.71. The molecular formula is C21H17F3N4O4. The van der Waals surface area contributed by atoms with E-state index in [2.05, 4.69) is 20.5 Å². The van der Waals surface area contributed by atoms with Crippen molar-refractivity contribution in [1.82, 2.24) is 15.1 Å². The number of nitrogens with zero attached hydrogens (tertiary/aromatic N) is 2. The van der Waals surface area contributed by atoms with Crippen molar-refractivity contribution in [1.29, 1.82) is 0 Å². The van der Waals surface area contributed by atoms with Gasteiger partial charge in [-0.15, -0.1) is 18.3 Å². The van der Waals surface area contributed by atoms with Gasteiger partial charge in [0, 0.05) is 30.7 Å². The van der Waals surface area contributed by atoms with Crippen molar-refractivity contribution in [3.8, 4) is 28.4 Å². The molecule has 2 amide bonds. The molecule has 8 nitrogen and oxygen atoms in total. The lowest BCUT2D eigenvalue weighted by Crippen LogP contribution is -2.24.